The summed E-state index contributed by atoms with van der Waals surface area (Å²) in [5, 5.41) is 8.51. The van der Waals surface area contributed by atoms with E-state index in [0.717, 1.165) is 0 Å². The zero-order chi connectivity index (χ0) is 8.27. The third-order valence-corrected chi connectivity index (χ3v) is 1.36. The van der Waals surface area contributed by atoms with Crippen LogP contribution in [-0.4, -0.2) is 50.6 Å². The average molecular weight is 196 g/mol. The first kappa shape index (κ1) is 11.8. The van der Waals surface area contributed by atoms with Crippen molar-refractivity contribution in [2.24, 2.45) is 0 Å². The van der Waals surface area contributed by atoms with Gasteiger partial charge in [-0.2, -0.15) is 0 Å². The summed E-state index contributed by atoms with van der Waals surface area (Å²) in [6, 6.07) is 0. The molecule has 1 heterocycles. The molecular weight excluding hydrogens is 191 g/mol. The van der Waals surface area contributed by atoms with Gasteiger partial charge in [-0.25, -0.2) is 4.98 Å². The molecule has 0 spiro atoms. The standard InChI is InChI=1S/C6H5ClN2O2.Na/c7-6-4(3-5(10)11)8-1-2-9-6;/h1-2H,3H2,(H,10,11);. The largest absolute Gasteiger partial charge is 0.481 e. The van der Waals surface area contributed by atoms with Crippen molar-refractivity contribution in [1.29, 1.82) is 0 Å². The van der Waals surface area contributed by atoms with Crippen molar-refractivity contribution in [2.45, 2.75) is 6.42 Å². The summed E-state index contributed by atoms with van der Waals surface area (Å²) in [6.45, 7) is 0. The molecule has 59 valence electrons. The minimum absolute atomic E-state index is 0. The van der Waals surface area contributed by atoms with Crippen LogP contribution in [0.5, 0.6) is 0 Å². The summed E-state index contributed by atoms with van der Waals surface area (Å²) in [6.07, 6.45) is 2.63. The molecule has 6 heteroatoms. The Balaban J connectivity index is 0.00000121. The van der Waals surface area contributed by atoms with Crippen LogP contribution < -0.4 is 0 Å². The van der Waals surface area contributed by atoms with Gasteiger partial charge in [0.1, 0.15) is 0 Å². The normalized spacial score (nSPS) is 8.75. The first-order valence-electron chi connectivity index (χ1n) is 2.87. The summed E-state index contributed by atoms with van der Waals surface area (Å²) in [5.41, 5.74) is 0.293. The van der Waals surface area contributed by atoms with Crippen LogP contribution >= 0.6 is 11.6 Å². The van der Waals surface area contributed by atoms with Crippen LogP contribution in [0.3, 0.4) is 0 Å². The van der Waals surface area contributed by atoms with Gasteiger partial charge >= 0.3 is 5.97 Å². The third-order valence-electron chi connectivity index (χ3n) is 1.04. The molecule has 0 aliphatic heterocycles. The fraction of sp³-hybridized carbons (Fsp3) is 0.167. The second kappa shape index (κ2) is 5.48. The molecule has 0 bridgehead atoms. The SMILES string of the molecule is O=C(O)Cc1nccnc1Cl.[Na]. The number of hydrogen-bond donors (Lipinski definition) is 1. The van der Waals surface area contributed by atoms with Gasteiger partial charge in [0.05, 0.1) is 12.1 Å². The van der Waals surface area contributed by atoms with Crippen molar-refractivity contribution in [3.05, 3.63) is 23.2 Å². The van der Waals surface area contributed by atoms with E-state index in [1.54, 1.807) is 0 Å². The van der Waals surface area contributed by atoms with Crippen molar-refractivity contribution in [2.75, 3.05) is 0 Å². The van der Waals surface area contributed by atoms with Crippen molar-refractivity contribution in [3.8, 4) is 0 Å². The number of carboxylic acid groups (broad SMARTS) is 1. The van der Waals surface area contributed by atoms with E-state index in [1.807, 2.05) is 0 Å². The fourth-order valence-electron chi connectivity index (χ4n) is 0.612. The van der Waals surface area contributed by atoms with Crippen LogP contribution in [0.2, 0.25) is 5.15 Å². The van der Waals surface area contributed by atoms with Gasteiger partial charge in [0.25, 0.3) is 0 Å². The monoisotopic (exact) mass is 195 g/mol. The second-order valence-electron chi connectivity index (χ2n) is 1.86. The van der Waals surface area contributed by atoms with Gasteiger partial charge in [-0.1, -0.05) is 11.6 Å². The molecule has 0 aliphatic carbocycles. The first-order valence-corrected chi connectivity index (χ1v) is 3.25. The quantitative estimate of drug-likeness (QED) is 0.693. The predicted molar refractivity (Wildman–Crippen MR) is 44.1 cm³/mol. The zero-order valence-corrected chi connectivity index (χ0v) is 9.25. The zero-order valence-electron chi connectivity index (χ0n) is 6.49. The maximum Gasteiger partial charge on any atom is 0.309 e. The number of rotatable bonds is 2. The fourth-order valence-corrected chi connectivity index (χ4v) is 0.784. The molecule has 0 aliphatic rings. The molecule has 1 aromatic rings. The van der Waals surface area contributed by atoms with Crippen molar-refractivity contribution in [3.63, 3.8) is 0 Å². The second-order valence-corrected chi connectivity index (χ2v) is 2.22. The van der Waals surface area contributed by atoms with Gasteiger partial charge in [-0.3, -0.25) is 9.78 Å². The summed E-state index contributed by atoms with van der Waals surface area (Å²) in [4.78, 5) is 17.6. The summed E-state index contributed by atoms with van der Waals surface area (Å²) in [5.74, 6) is -0.965. The Hall–Kier alpha value is -0.160. The van der Waals surface area contributed by atoms with E-state index >= 15 is 0 Å². The first-order chi connectivity index (χ1) is 5.20. The molecule has 0 unspecified atom stereocenters. The van der Waals surface area contributed by atoms with Gasteiger partial charge in [-0.05, 0) is 0 Å². The number of carboxylic acids is 1. The van der Waals surface area contributed by atoms with E-state index < -0.39 is 5.97 Å². The maximum absolute atomic E-state index is 10.2. The molecule has 1 radical (unpaired) electrons. The van der Waals surface area contributed by atoms with Crippen LogP contribution in [0, 0.1) is 0 Å². The molecule has 0 saturated heterocycles. The Kier molecular flexibility index (Phi) is 5.41. The molecule has 1 rings (SSSR count). The maximum atomic E-state index is 10.2. The van der Waals surface area contributed by atoms with Crippen LogP contribution in [0.4, 0.5) is 0 Å². The Bertz CT molecular complexity index is 282. The molecule has 12 heavy (non-hydrogen) atoms. The minimum atomic E-state index is -0.965. The molecule has 0 aromatic carbocycles. The topological polar surface area (TPSA) is 63.1 Å². The Labute approximate surface area is 96.3 Å². The molecule has 0 atom stereocenters. The van der Waals surface area contributed by atoms with Gasteiger partial charge in [0.15, 0.2) is 5.15 Å². The van der Waals surface area contributed by atoms with Gasteiger partial charge in [0.2, 0.25) is 0 Å². The van der Waals surface area contributed by atoms with Crippen molar-refractivity contribution >= 4 is 47.1 Å². The van der Waals surface area contributed by atoms with Gasteiger partial charge in [-0.15, -0.1) is 0 Å². The predicted octanol–water partition coefficient (Wildman–Crippen LogP) is 0.376. The van der Waals surface area contributed by atoms with Crippen LogP contribution in [0.1, 0.15) is 5.69 Å². The van der Waals surface area contributed by atoms with Gasteiger partial charge < -0.3 is 5.11 Å². The van der Waals surface area contributed by atoms with E-state index in [9.17, 15) is 4.79 Å². The molecule has 1 aromatic heterocycles. The van der Waals surface area contributed by atoms with Crippen LogP contribution in [0.15, 0.2) is 12.4 Å². The number of hydrogen-bond acceptors (Lipinski definition) is 3. The van der Waals surface area contributed by atoms with Gasteiger partial charge in [0, 0.05) is 42.0 Å². The summed E-state index contributed by atoms with van der Waals surface area (Å²) in [7, 11) is 0. The van der Waals surface area contributed by atoms with E-state index in [2.05, 4.69) is 9.97 Å². The molecular formula is C6H5ClN2NaO2. The van der Waals surface area contributed by atoms with Crippen molar-refractivity contribution < 1.29 is 9.90 Å². The summed E-state index contributed by atoms with van der Waals surface area (Å²) < 4.78 is 0. The number of nitrogens with zero attached hydrogens (tertiary/aromatic N) is 2. The Morgan fingerprint density at radius 1 is 1.50 bits per heavy atom. The van der Waals surface area contributed by atoms with E-state index in [4.69, 9.17) is 16.7 Å². The molecule has 4 nitrogen and oxygen atoms in total. The number of aliphatic carboxylic acids is 1. The molecule has 1 N–H and O–H groups in total. The van der Waals surface area contributed by atoms with Crippen molar-refractivity contribution in [1.82, 2.24) is 9.97 Å². The summed E-state index contributed by atoms with van der Waals surface area (Å²) >= 11 is 5.53. The minimum Gasteiger partial charge on any atom is -0.481 e. The van der Waals surface area contributed by atoms with Crippen LogP contribution in [0.25, 0.3) is 0 Å². The van der Waals surface area contributed by atoms with E-state index in [-0.39, 0.29) is 41.1 Å². The molecule has 0 amide bonds. The number of halogens is 1. The molecule has 0 fully saturated rings. The van der Waals surface area contributed by atoms with E-state index in [1.165, 1.54) is 12.4 Å². The smallest absolute Gasteiger partial charge is 0.309 e. The van der Waals surface area contributed by atoms with Crippen LogP contribution in [-0.2, 0) is 11.2 Å². The Morgan fingerprint density at radius 2 is 2.08 bits per heavy atom. The average Bonchev–Trinajstić information content (AvgIpc) is 1.93. The number of carbonyl (C=O) groups is 1. The van der Waals surface area contributed by atoms with E-state index in [0.29, 0.717) is 5.69 Å². The Morgan fingerprint density at radius 3 is 2.58 bits per heavy atom. The third kappa shape index (κ3) is 3.49. The number of aromatic nitrogens is 2. The molecule has 0 saturated carbocycles.